The van der Waals surface area contributed by atoms with E-state index in [1.54, 1.807) is 0 Å². The van der Waals surface area contributed by atoms with Crippen LogP contribution in [0.5, 0.6) is 5.75 Å². The molecule has 148 valence electrons. The van der Waals surface area contributed by atoms with Gasteiger partial charge in [0.05, 0.1) is 19.8 Å². The van der Waals surface area contributed by atoms with Crippen molar-refractivity contribution in [2.24, 2.45) is 5.92 Å². The van der Waals surface area contributed by atoms with Crippen LogP contribution in [-0.2, 0) is 20.7 Å². The summed E-state index contributed by atoms with van der Waals surface area (Å²) in [6.45, 7) is 6.64. The van der Waals surface area contributed by atoms with Crippen LogP contribution >= 0.6 is 0 Å². The highest BCUT2D eigenvalue weighted by atomic mass is 16.5. The molecule has 0 aliphatic carbocycles. The average molecular weight is 374 g/mol. The van der Waals surface area contributed by atoms with Gasteiger partial charge in [-0.05, 0) is 43.9 Å². The number of benzene rings is 1. The van der Waals surface area contributed by atoms with Crippen LogP contribution in [0.1, 0.15) is 31.7 Å². The lowest BCUT2D eigenvalue weighted by atomic mass is 9.94. The molecule has 0 bridgehead atoms. The fourth-order valence-electron chi connectivity index (χ4n) is 3.75. The molecule has 6 nitrogen and oxygen atoms in total. The van der Waals surface area contributed by atoms with Crippen LogP contribution in [0.2, 0.25) is 0 Å². The van der Waals surface area contributed by atoms with Crippen molar-refractivity contribution < 1.29 is 19.1 Å². The highest BCUT2D eigenvalue weighted by Gasteiger charge is 2.30. The number of hydrogen-bond donors (Lipinski definition) is 0. The number of hydrogen-bond acceptors (Lipinski definition) is 4. The predicted octanol–water partition coefficient (Wildman–Crippen LogP) is 2.12. The monoisotopic (exact) mass is 374 g/mol. The van der Waals surface area contributed by atoms with Gasteiger partial charge in [0.25, 0.3) is 0 Å². The molecule has 2 saturated heterocycles. The van der Waals surface area contributed by atoms with Crippen LogP contribution in [0.4, 0.5) is 0 Å². The Morgan fingerprint density at radius 2 is 1.70 bits per heavy atom. The first kappa shape index (κ1) is 19.7. The topological polar surface area (TPSA) is 59.1 Å². The van der Waals surface area contributed by atoms with E-state index in [9.17, 15) is 9.59 Å². The number of morpholine rings is 1. The molecule has 2 fully saturated rings. The van der Waals surface area contributed by atoms with Crippen LogP contribution < -0.4 is 4.74 Å². The molecule has 1 aromatic carbocycles. The Morgan fingerprint density at radius 1 is 1.04 bits per heavy atom. The molecule has 1 aromatic rings. The zero-order valence-corrected chi connectivity index (χ0v) is 16.2. The molecule has 2 amide bonds. The molecule has 3 rings (SSSR count). The summed E-state index contributed by atoms with van der Waals surface area (Å²) in [5.74, 6) is 1.33. The van der Waals surface area contributed by atoms with Gasteiger partial charge in [0.2, 0.25) is 11.8 Å². The van der Waals surface area contributed by atoms with Gasteiger partial charge in [-0.1, -0.05) is 12.1 Å². The van der Waals surface area contributed by atoms with E-state index >= 15 is 0 Å². The third-order valence-corrected chi connectivity index (χ3v) is 5.38. The Morgan fingerprint density at radius 3 is 2.33 bits per heavy atom. The van der Waals surface area contributed by atoms with Crippen LogP contribution in [0, 0.1) is 5.92 Å². The van der Waals surface area contributed by atoms with Crippen molar-refractivity contribution >= 4 is 11.8 Å². The molecule has 0 N–H and O–H groups in total. The summed E-state index contributed by atoms with van der Waals surface area (Å²) < 4.78 is 10.8. The summed E-state index contributed by atoms with van der Waals surface area (Å²) in [6.07, 6.45) is 2.78. The minimum atomic E-state index is 0.0539. The molecule has 0 unspecified atom stereocenters. The van der Waals surface area contributed by atoms with Crippen molar-refractivity contribution in [1.82, 2.24) is 9.80 Å². The maximum Gasteiger partial charge on any atom is 0.225 e. The van der Waals surface area contributed by atoms with Gasteiger partial charge < -0.3 is 19.3 Å². The Kier molecular flexibility index (Phi) is 7.10. The summed E-state index contributed by atoms with van der Waals surface area (Å²) in [6, 6.07) is 7.94. The van der Waals surface area contributed by atoms with Gasteiger partial charge >= 0.3 is 0 Å². The first-order chi connectivity index (χ1) is 13.2. The van der Waals surface area contributed by atoms with Crippen LogP contribution in [0.25, 0.3) is 0 Å². The van der Waals surface area contributed by atoms with Crippen LogP contribution in [0.3, 0.4) is 0 Å². The molecule has 0 saturated carbocycles. The maximum absolute atomic E-state index is 12.6. The standard InChI is InChI=1S/C21H30N2O4/c1-2-27-19-6-3-17(4-7-19)5-8-20(24)22-11-9-18(10-12-22)21(25)23-13-15-26-16-14-23/h3-4,6-7,18H,2,5,8-16H2,1H3. The second-order valence-corrected chi connectivity index (χ2v) is 7.17. The van der Waals surface area contributed by atoms with Crippen molar-refractivity contribution in [2.75, 3.05) is 46.0 Å². The second-order valence-electron chi connectivity index (χ2n) is 7.17. The lowest BCUT2D eigenvalue weighted by molar-refractivity contribution is -0.143. The number of nitrogens with zero attached hydrogens (tertiary/aromatic N) is 2. The minimum Gasteiger partial charge on any atom is -0.494 e. The molecule has 0 spiro atoms. The van der Waals surface area contributed by atoms with E-state index in [0.717, 1.165) is 30.6 Å². The van der Waals surface area contributed by atoms with E-state index in [1.165, 1.54) is 0 Å². The van der Waals surface area contributed by atoms with Crippen molar-refractivity contribution in [1.29, 1.82) is 0 Å². The fourth-order valence-corrected chi connectivity index (χ4v) is 3.75. The number of ether oxygens (including phenoxy) is 2. The molecular weight excluding hydrogens is 344 g/mol. The predicted molar refractivity (Wildman–Crippen MR) is 103 cm³/mol. The number of likely N-dealkylation sites (tertiary alicyclic amines) is 1. The smallest absolute Gasteiger partial charge is 0.225 e. The van der Waals surface area contributed by atoms with Gasteiger partial charge in [0.1, 0.15) is 5.75 Å². The highest BCUT2D eigenvalue weighted by Crippen LogP contribution is 2.21. The van der Waals surface area contributed by atoms with Crippen molar-refractivity contribution in [3.8, 4) is 5.75 Å². The summed E-state index contributed by atoms with van der Waals surface area (Å²) >= 11 is 0. The average Bonchev–Trinajstić information content (AvgIpc) is 2.73. The number of carbonyl (C=O) groups excluding carboxylic acids is 2. The van der Waals surface area contributed by atoms with Gasteiger partial charge in [-0.3, -0.25) is 9.59 Å². The Bertz CT molecular complexity index is 618. The maximum atomic E-state index is 12.6. The molecule has 27 heavy (non-hydrogen) atoms. The Hall–Kier alpha value is -2.08. The number of rotatable bonds is 6. The van der Waals surface area contributed by atoms with E-state index < -0.39 is 0 Å². The zero-order chi connectivity index (χ0) is 19.1. The molecule has 0 radical (unpaired) electrons. The third kappa shape index (κ3) is 5.45. The lowest BCUT2D eigenvalue weighted by Crippen LogP contribution is -2.47. The van der Waals surface area contributed by atoms with Gasteiger partial charge in [0, 0.05) is 38.5 Å². The number of aryl methyl sites for hydroxylation is 1. The molecule has 2 aliphatic heterocycles. The SMILES string of the molecule is CCOc1ccc(CCC(=O)N2CCC(C(=O)N3CCOCC3)CC2)cc1. The molecule has 2 aliphatic rings. The van der Waals surface area contributed by atoms with Crippen molar-refractivity contribution in [2.45, 2.75) is 32.6 Å². The van der Waals surface area contributed by atoms with E-state index in [2.05, 4.69) is 0 Å². The molecule has 0 aromatic heterocycles. The quantitative estimate of drug-likeness (QED) is 0.765. The number of piperidine rings is 1. The van der Waals surface area contributed by atoms with E-state index in [1.807, 2.05) is 41.0 Å². The summed E-state index contributed by atoms with van der Waals surface area (Å²) in [5, 5.41) is 0. The normalized spacial score (nSPS) is 18.4. The lowest BCUT2D eigenvalue weighted by Gasteiger charge is -2.35. The minimum absolute atomic E-state index is 0.0539. The van der Waals surface area contributed by atoms with Crippen molar-refractivity contribution in [3.63, 3.8) is 0 Å². The first-order valence-electron chi connectivity index (χ1n) is 10.0. The zero-order valence-electron chi connectivity index (χ0n) is 16.2. The van der Waals surface area contributed by atoms with E-state index in [0.29, 0.717) is 52.4 Å². The number of carbonyl (C=O) groups is 2. The van der Waals surface area contributed by atoms with E-state index in [-0.39, 0.29) is 17.7 Å². The molecule has 0 atom stereocenters. The molecular formula is C21H30N2O4. The van der Waals surface area contributed by atoms with Gasteiger partial charge in [0.15, 0.2) is 0 Å². The summed E-state index contributed by atoms with van der Waals surface area (Å²) in [4.78, 5) is 28.9. The van der Waals surface area contributed by atoms with Gasteiger partial charge in [-0.25, -0.2) is 0 Å². The van der Waals surface area contributed by atoms with Crippen LogP contribution in [0.15, 0.2) is 24.3 Å². The largest absolute Gasteiger partial charge is 0.494 e. The third-order valence-electron chi connectivity index (χ3n) is 5.38. The van der Waals surface area contributed by atoms with E-state index in [4.69, 9.17) is 9.47 Å². The Labute approximate surface area is 161 Å². The summed E-state index contributed by atoms with van der Waals surface area (Å²) in [5.41, 5.74) is 1.14. The number of amides is 2. The highest BCUT2D eigenvalue weighted by molar-refractivity contribution is 5.80. The molecule has 2 heterocycles. The molecule has 6 heteroatoms. The van der Waals surface area contributed by atoms with Gasteiger partial charge in [-0.2, -0.15) is 0 Å². The second kappa shape index (κ2) is 9.74. The summed E-state index contributed by atoms with van der Waals surface area (Å²) in [7, 11) is 0. The fraction of sp³-hybridized carbons (Fsp3) is 0.619. The first-order valence-corrected chi connectivity index (χ1v) is 10.0. The van der Waals surface area contributed by atoms with Gasteiger partial charge in [-0.15, -0.1) is 0 Å². The Balaban J connectivity index is 1.41. The van der Waals surface area contributed by atoms with Crippen molar-refractivity contribution in [3.05, 3.63) is 29.8 Å². The van der Waals surface area contributed by atoms with Crippen LogP contribution in [-0.4, -0.2) is 67.6 Å².